The lowest BCUT2D eigenvalue weighted by Gasteiger charge is -2.58. The van der Waals surface area contributed by atoms with Crippen LogP contribution >= 0.6 is 0 Å². The number of allylic oxidation sites excluding steroid dienone is 1. The Bertz CT molecular complexity index is 750. The molecule has 3 fully saturated rings. The fourth-order valence-corrected chi connectivity index (χ4v) is 8.81. The maximum atomic E-state index is 12.6. The van der Waals surface area contributed by atoms with Crippen LogP contribution in [0.5, 0.6) is 0 Å². The number of carbonyl (C=O) groups is 1. The summed E-state index contributed by atoms with van der Waals surface area (Å²) in [5, 5.41) is 21.2. The summed E-state index contributed by atoms with van der Waals surface area (Å²) in [6, 6.07) is 0. The van der Waals surface area contributed by atoms with Gasteiger partial charge in [-0.3, -0.25) is 9.63 Å². The van der Waals surface area contributed by atoms with Gasteiger partial charge in [0.1, 0.15) is 0 Å². The van der Waals surface area contributed by atoms with Crippen LogP contribution in [0, 0.1) is 40.4 Å². The van der Waals surface area contributed by atoms with Crippen molar-refractivity contribution in [2.45, 2.75) is 104 Å². The number of aliphatic hydroxyl groups excluding tert-OH is 2. The number of hydroxylamine groups is 2. The van der Waals surface area contributed by atoms with Gasteiger partial charge in [0.2, 0.25) is 5.91 Å². The molecule has 4 rings (SSSR count). The zero-order valence-electron chi connectivity index (χ0n) is 21.6. The van der Waals surface area contributed by atoms with Crippen molar-refractivity contribution in [3.8, 4) is 0 Å². The van der Waals surface area contributed by atoms with Gasteiger partial charge in [-0.05, 0) is 105 Å². The van der Waals surface area contributed by atoms with Crippen molar-refractivity contribution in [2.24, 2.45) is 40.4 Å². The lowest BCUT2D eigenvalue weighted by molar-refractivity contribution is -0.182. The molecule has 4 aliphatic carbocycles. The minimum Gasteiger partial charge on any atom is -0.393 e. The van der Waals surface area contributed by atoms with Gasteiger partial charge in [0, 0.05) is 6.42 Å². The number of rotatable bonds is 7. The van der Waals surface area contributed by atoms with Crippen LogP contribution in [0.25, 0.3) is 0 Å². The molecule has 0 bridgehead atoms. The molecule has 0 aromatic carbocycles. The second-order valence-corrected chi connectivity index (χ2v) is 12.4. The molecule has 0 spiro atoms. The fourth-order valence-electron chi connectivity index (χ4n) is 8.81. The summed E-state index contributed by atoms with van der Waals surface area (Å²) in [7, 11) is 1.50. The quantitative estimate of drug-likeness (QED) is 0.408. The summed E-state index contributed by atoms with van der Waals surface area (Å²) in [5.74, 6) is 3.50. The third-order valence-corrected chi connectivity index (χ3v) is 10.6. The maximum absolute atomic E-state index is 12.6. The Morgan fingerprint density at radius 3 is 2.64 bits per heavy atom. The van der Waals surface area contributed by atoms with E-state index in [-0.39, 0.29) is 18.6 Å². The first-order chi connectivity index (χ1) is 15.6. The largest absolute Gasteiger partial charge is 0.393 e. The number of hydrogen-bond donors (Lipinski definition) is 2. The third kappa shape index (κ3) is 4.54. The highest BCUT2D eigenvalue weighted by atomic mass is 16.7. The van der Waals surface area contributed by atoms with E-state index in [1.54, 1.807) is 12.5 Å². The molecule has 3 saturated carbocycles. The zero-order chi connectivity index (χ0) is 24.0. The summed E-state index contributed by atoms with van der Waals surface area (Å²) in [6.45, 7) is 9.31. The predicted octanol–water partition coefficient (Wildman–Crippen LogP) is 5.11. The lowest BCUT2D eigenvalue weighted by atomic mass is 9.47. The number of nitrogens with zero attached hydrogens (tertiary/aromatic N) is 1. The second kappa shape index (κ2) is 9.62. The standard InChI is InChI=1S/C28H47NO4/c1-18(6-11-26(32)29(33-5)17-19(2)30)23-9-10-24-22-8-7-20-16-21(31)12-14-27(20,3)25(22)13-15-28(23,24)4/h7,18-19,21-25,30-31H,6,8-17H2,1-5H3/t18-,19-,21+,22+,23-,24+,25+,27+,28-/m1/s1. The maximum Gasteiger partial charge on any atom is 0.246 e. The van der Waals surface area contributed by atoms with Gasteiger partial charge in [0.15, 0.2) is 0 Å². The van der Waals surface area contributed by atoms with Gasteiger partial charge >= 0.3 is 0 Å². The van der Waals surface area contributed by atoms with Crippen molar-refractivity contribution in [3.05, 3.63) is 11.6 Å². The lowest BCUT2D eigenvalue weighted by Crippen LogP contribution is -2.50. The molecule has 2 N–H and O–H groups in total. The van der Waals surface area contributed by atoms with E-state index in [1.165, 1.54) is 44.3 Å². The van der Waals surface area contributed by atoms with E-state index < -0.39 is 6.10 Å². The number of fused-ring (bicyclic) bond motifs is 5. The Kier molecular flexibility index (Phi) is 7.34. The van der Waals surface area contributed by atoms with E-state index >= 15 is 0 Å². The monoisotopic (exact) mass is 461 g/mol. The van der Waals surface area contributed by atoms with Gasteiger partial charge in [-0.1, -0.05) is 32.4 Å². The smallest absolute Gasteiger partial charge is 0.246 e. The molecular formula is C28H47NO4. The van der Waals surface area contributed by atoms with Crippen LogP contribution in [0.1, 0.15) is 91.9 Å². The summed E-state index contributed by atoms with van der Waals surface area (Å²) in [4.78, 5) is 17.8. The molecule has 0 saturated heterocycles. The number of amides is 1. The highest BCUT2D eigenvalue weighted by molar-refractivity contribution is 5.75. The number of carbonyl (C=O) groups excluding carboxylic acids is 1. The number of aliphatic hydroxyl groups is 2. The van der Waals surface area contributed by atoms with Crippen LogP contribution in [0.3, 0.4) is 0 Å². The van der Waals surface area contributed by atoms with Crippen molar-refractivity contribution in [1.29, 1.82) is 0 Å². The Balaban J connectivity index is 1.42. The molecule has 0 radical (unpaired) electrons. The minimum atomic E-state index is -0.588. The van der Waals surface area contributed by atoms with Crippen LogP contribution in [0.15, 0.2) is 11.6 Å². The molecule has 33 heavy (non-hydrogen) atoms. The van der Waals surface area contributed by atoms with E-state index in [2.05, 4.69) is 26.8 Å². The summed E-state index contributed by atoms with van der Waals surface area (Å²) < 4.78 is 0. The first kappa shape index (κ1) is 25.2. The molecule has 0 aromatic heterocycles. The molecule has 5 nitrogen and oxygen atoms in total. The van der Waals surface area contributed by atoms with Gasteiger partial charge in [-0.25, -0.2) is 5.06 Å². The second-order valence-electron chi connectivity index (χ2n) is 12.4. The third-order valence-electron chi connectivity index (χ3n) is 10.6. The summed E-state index contributed by atoms with van der Waals surface area (Å²) >= 11 is 0. The van der Waals surface area contributed by atoms with Crippen molar-refractivity contribution in [2.75, 3.05) is 13.7 Å². The van der Waals surface area contributed by atoms with Crippen molar-refractivity contribution in [1.82, 2.24) is 5.06 Å². The van der Waals surface area contributed by atoms with Crippen LogP contribution in [0.4, 0.5) is 0 Å². The van der Waals surface area contributed by atoms with Crippen molar-refractivity contribution >= 4 is 5.91 Å². The van der Waals surface area contributed by atoms with E-state index in [4.69, 9.17) is 4.84 Å². The number of hydrogen-bond acceptors (Lipinski definition) is 4. The molecule has 188 valence electrons. The SMILES string of the molecule is CON(C[C@@H](C)O)C(=O)CC[C@@H](C)[C@H]1CC[C@H]2[C@@H]3CC=C4C[C@@H](O)CC[C@]4(C)[C@H]3CC[C@]12C. The van der Waals surface area contributed by atoms with E-state index in [1.807, 2.05) is 0 Å². The average molecular weight is 462 g/mol. The summed E-state index contributed by atoms with van der Waals surface area (Å²) in [5.41, 5.74) is 2.22. The van der Waals surface area contributed by atoms with E-state index in [0.29, 0.717) is 29.1 Å². The van der Waals surface area contributed by atoms with Crippen molar-refractivity contribution < 1.29 is 19.8 Å². The topological polar surface area (TPSA) is 70.0 Å². The summed E-state index contributed by atoms with van der Waals surface area (Å²) in [6.07, 6.45) is 12.6. The van der Waals surface area contributed by atoms with Crippen molar-refractivity contribution in [3.63, 3.8) is 0 Å². The van der Waals surface area contributed by atoms with Crippen LogP contribution in [-0.4, -0.2) is 47.0 Å². The first-order valence-corrected chi connectivity index (χ1v) is 13.5. The highest BCUT2D eigenvalue weighted by Crippen LogP contribution is 2.67. The fraction of sp³-hybridized carbons (Fsp3) is 0.893. The van der Waals surface area contributed by atoms with E-state index in [0.717, 1.165) is 43.4 Å². The normalized spacial score (nSPS) is 41.9. The Morgan fingerprint density at radius 2 is 1.94 bits per heavy atom. The zero-order valence-corrected chi connectivity index (χ0v) is 21.6. The molecule has 5 heteroatoms. The predicted molar refractivity (Wildman–Crippen MR) is 130 cm³/mol. The Morgan fingerprint density at radius 1 is 1.18 bits per heavy atom. The molecule has 1 amide bonds. The average Bonchev–Trinajstić information content (AvgIpc) is 3.13. The first-order valence-electron chi connectivity index (χ1n) is 13.5. The van der Waals surface area contributed by atoms with E-state index in [9.17, 15) is 15.0 Å². The molecule has 0 aromatic rings. The van der Waals surface area contributed by atoms with Gasteiger partial charge in [0.05, 0.1) is 25.9 Å². The molecule has 0 aliphatic heterocycles. The van der Waals surface area contributed by atoms with Crippen LogP contribution in [0.2, 0.25) is 0 Å². The Hall–Kier alpha value is -0.910. The molecule has 0 unspecified atom stereocenters. The molecule has 4 aliphatic rings. The van der Waals surface area contributed by atoms with Gasteiger partial charge in [-0.2, -0.15) is 0 Å². The van der Waals surface area contributed by atoms with Gasteiger partial charge in [0.25, 0.3) is 0 Å². The molecular weight excluding hydrogens is 414 g/mol. The van der Waals surface area contributed by atoms with Gasteiger partial charge in [-0.15, -0.1) is 0 Å². The molecule has 9 atom stereocenters. The highest BCUT2D eigenvalue weighted by Gasteiger charge is 2.59. The van der Waals surface area contributed by atoms with Crippen LogP contribution in [-0.2, 0) is 9.63 Å². The molecule has 0 heterocycles. The Labute approximate surface area is 200 Å². The minimum absolute atomic E-state index is 0.0222. The van der Waals surface area contributed by atoms with Gasteiger partial charge < -0.3 is 10.2 Å². The van der Waals surface area contributed by atoms with Crippen LogP contribution < -0.4 is 0 Å².